The molecule has 1 unspecified atom stereocenters. The standard InChI is InChI=1S/C12H20N2O2/c1-3-10-4-5-11(16-10)12(15)14-8-9(2)6-7-13/h4-5,9H,3,6-8,13H2,1-2H3,(H,14,15). The molecule has 16 heavy (non-hydrogen) atoms. The highest BCUT2D eigenvalue weighted by atomic mass is 16.3. The molecule has 1 rings (SSSR count). The van der Waals surface area contributed by atoms with Gasteiger partial charge in [0.15, 0.2) is 5.76 Å². The highest BCUT2D eigenvalue weighted by Gasteiger charge is 2.11. The largest absolute Gasteiger partial charge is 0.456 e. The molecule has 4 nitrogen and oxygen atoms in total. The Labute approximate surface area is 96.2 Å². The van der Waals surface area contributed by atoms with Crippen molar-refractivity contribution in [2.24, 2.45) is 11.7 Å². The van der Waals surface area contributed by atoms with Crippen LogP contribution in [-0.2, 0) is 6.42 Å². The van der Waals surface area contributed by atoms with Crippen LogP contribution in [0.4, 0.5) is 0 Å². The third-order valence-corrected chi connectivity index (χ3v) is 2.50. The van der Waals surface area contributed by atoms with Gasteiger partial charge in [-0.25, -0.2) is 0 Å². The molecule has 0 aromatic carbocycles. The Morgan fingerprint density at radius 2 is 2.31 bits per heavy atom. The summed E-state index contributed by atoms with van der Waals surface area (Å²) in [5, 5.41) is 2.83. The molecule has 0 saturated heterocycles. The SMILES string of the molecule is CCc1ccc(C(=O)NCC(C)CCN)o1. The summed E-state index contributed by atoms with van der Waals surface area (Å²) in [4.78, 5) is 11.6. The van der Waals surface area contributed by atoms with E-state index in [1.165, 1.54) is 0 Å². The quantitative estimate of drug-likeness (QED) is 0.770. The molecule has 0 bridgehead atoms. The molecule has 90 valence electrons. The lowest BCUT2D eigenvalue weighted by molar-refractivity contribution is 0.0918. The van der Waals surface area contributed by atoms with Gasteiger partial charge in [-0.1, -0.05) is 13.8 Å². The zero-order valence-corrected chi connectivity index (χ0v) is 9.95. The van der Waals surface area contributed by atoms with Crippen molar-refractivity contribution in [2.75, 3.05) is 13.1 Å². The molecule has 1 heterocycles. The second kappa shape index (κ2) is 6.33. The maximum Gasteiger partial charge on any atom is 0.287 e. The van der Waals surface area contributed by atoms with E-state index in [0.29, 0.717) is 24.8 Å². The van der Waals surface area contributed by atoms with Crippen molar-refractivity contribution in [3.05, 3.63) is 23.7 Å². The second-order valence-electron chi connectivity index (χ2n) is 4.01. The van der Waals surface area contributed by atoms with Crippen molar-refractivity contribution < 1.29 is 9.21 Å². The van der Waals surface area contributed by atoms with Crippen molar-refractivity contribution in [3.8, 4) is 0 Å². The number of amides is 1. The van der Waals surface area contributed by atoms with E-state index in [-0.39, 0.29) is 5.91 Å². The van der Waals surface area contributed by atoms with E-state index in [2.05, 4.69) is 12.2 Å². The van der Waals surface area contributed by atoms with Crippen LogP contribution in [-0.4, -0.2) is 19.0 Å². The van der Waals surface area contributed by atoms with Crippen molar-refractivity contribution in [1.29, 1.82) is 0 Å². The van der Waals surface area contributed by atoms with Crippen LogP contribution in [0.2, 0.25) is 0 Å². The molecule has 1 amide bonds. The van der Waals surface area contributed by atoms with E-state index in [9.17, 15) is 4.79 Å². The van der Waals surface area contributed by atoms with E-state index in [1.54, 1.807) is 6.07 Å². The van der Waals surface area contributed by atoms with Crippen LogP contribution in [0.3, 0.4) is 0 Å². The van der Waals surface area contributed by atoms with Crippen LogP contribution >= 0.6 is 0 Å². The van der Waals surface area contributed by atoms with Crippen LogP contribution in [0.1, 0.15) is 36.6 Å². The van der Waals surface area contributed by atoms with Crippen molar-refractivity contribution in [1.82, 2.24) is 5.32 Å². The number of hydrogen-bond acceptors (Lipinski definition) is 3. The van der Waals surface area contributed by atoms with Crippen LogP contribution in [0.5, 0.6) is 0 Å². The maximum atomic E-state index is 11.6. The van der Waals surface area contributed by atoms with Gasteiger partial charge in [0.2, 0.25) is 0 Å². The normalized spacial score (nSPS) is 12.4. The van der Waals surface area contributed by atoms with Gasteiger partial charge in [0, 0.05) is 13.0 Å². The average Bonchev–Trinajstić information content (AvgIpc) is 2.75. The summed E-state index contributed by atoms with van der Waals surface area (Å²) in [6, 6.07) is 3.54. The highest BCUT2D eigenvalue weighted by Crippen LogP contribution is 2.08. The summed E-state index contributed by atoms with van der Waals surface area (Å²) in [5.74, 6) is 1.47. The summed E-state index contributed by atoms with van der Waals surface area (Å²) >= 11 is 0. The fraction of sp³-hybridized carbons (Fsp3) is 0.583. The predicted octanol–water partition coefficient (Wildman–Crippen LogP) is 1.56. The Balaban J connectivity index is 2.40. The average molecular weight is 224 g/mol. The lowest BCUT2D eigenvalue weighted by Gasteiger charge is -2.10. The Morgan fingerprint density at radius 3 is 2.88 bits per heavy atom. The number of rotatable bonds is 6. The molecular weight excluding hydrogens is 204 g/mol. The predicted molar refractivity (Wildman–Crippen MR) is 63.3 cm³/mol. The number of carbonyl (C=O) groups excluding carboxylic acids is 1. The van der Waals surface area contributed by atoms with Crippen LogP contribution in [0.15, 0.2) is 16.5 Å². The van der Waals surface area contributed by atoms with Crippen LogP contribution in [0.25, 0.3) is 0 Å². The van der Waals surface area contributed by atoms with E-state index in [1.807, 2.05) is 13.0 Å². The van der Waals surface area contributed by atoms with Crippen LogP contribution in [0, 0.1) is 5.92 Å². The molecule has 0 aliphatic heterocycles. The summed E-state index contributed by atoms with van der Waals surface area (Å²) in [6.07, 6.45) is 1.72. The van der Waals surface area contributed by atoms with Gasteiger partial charge in [-0.15, -0.1) is 0 Å². The first-order valence-corrected chi connectivity index (χ1v) is 5.74. The molecule has 1 aromatic rings. The minimum Gasteiger partial charge on any atom is -0.456 e. The Hall–Kier alpha value is -1.29. The molecule has 3 N–H and O–H groups in total. The lowest BCUT2D eigenvalue weighted by Crippen LogP contribution is -2.28. The lowest BCUT2D eigenvalue weighted by atomic mass is 10.1. The van der Waals surface area contributed by atoms with Gasteiger partial charge in [-0.3, -0.25) is 4.79 Å². The number of furan rings is 1. The third kappa shape index (κ3) is 3.70. The molecule has 0 fully saturated rings. The monoisotopic (exact) mass is 224 g/mol. The molecule has 0 aliphatic rings. The first kappa shape index (κ1) is 12.8. The van der Waals surface area contributed by atoms with E-state index >= 15 is 0 Å². The van der Waals surface area contributed by atoms with Gasteiger partial charge < -0.3 is 15.5 Å². The number of carbonyl (C=O) groups is 1. The smallest absolute Gasteiger partial charge is 0.287 e. The third-order valence-electron chi connectivity index (χ3n) is 2.50. The minimum absolute atomic E-state index is 0.149. The zero-order chi connectivity index (χ0) is 12.0. The van der Waals surface area contributed by atoms with Gasteiger partial charge in [0.25, 0.3) is 5.91 Å². The van der Waals surface area contributed by atoms with E-state index in [4.69, 9.17) is 10.2 Å². The minimum atomic E-state index is -0.149. The number of hydrogen-bond donors (Lipinski definition) is 2. The van der Waals surface area contributed by atoms with E-state index < -0.39 is 0 Å². The number of aryl methyl sites for hydroxylation is 1. The molecule has 0 aliphatic carbocycles. The Bertz CT molecular complexity index is 334. The van der Waals surface area contributed by atoms with Gasteiger partial charge in [0.05, 0.1) is 0 Å². The number of nitrogens with one attached hydrogen (secondary N) is 1. The Kier molecular flexibility index (Phi) is 5.05. The fourth-order valence-electron chi connectivity index (χ4n) is 1.43. The topological polar surface area (TPSA) is 68.3 Å². The Morgan fingerprint density at radius 1 is 1.56 bits per heavy atom. The van der Waals surface area contributed by atoms with E-state index in [0.717, 1.165) is 18.6 Å². The van der Waals surface area contributed by atoms with Crippen molar-refractivity contribution in [3.63, 3.8) is 0 Å². The summed E-state index contributed by atoms with van der Waals surface area (Å²) in [5.41, 5.74) is 5.44. The number of nitrogens with two attached hydrogens (primary N) is 1. The first-order chi connectivity index (χ1) is 7.67. The van der Waals surface area contributed by atoms with Gasteiger partial charge in [-0.2, -0.15) is 0 Å². The van der Waals surface area contributed by atoms with Crippen molar-refractivity contribution in [2.45, 2.75) is 26.7 Å². The zero-order valence-electron chi connectivity index (χ0n) is 9.95. The van der Waals surface area contributed by atoms with Crippen molar-refractivity contribution >= 4 is 5.91 Å². The van der Waals surface area contributed by atoms with Gasteiger partial charge >= 0.3 is 0 Å². The molecule has 4 heteroatoms. The fourth-order valence-corrected chi connectivity index (χ4v) is 1.43. The summed E-state index contributed by atoms with van der Waals surface area (Å²) < 4.78 is 5.35. The molecular formula is C12H20N2O2. The summed E-state index contributed by atoms with van der Waals surface area (Å²) in [7, 11) is 0. The summed E-state index contributed by atoms with van der Waals surface area (Å²) in [6.45, 7) is 5.34. The second-order valence-corrected chi connectivity index (χ2v) is 4.01. The molecule has 0 saturated carbocycles. The molecule has 1 atom stereocenters. The molecule has 0 spiro atoms. The molecule has 0 radical (unpaired) electrons. The van der Waals surface area contributed by atoms with Gasteiger partial charge in [-0.05, 0) is 31.0 Å². The maximum absolute atomic E-state index is 11.6. The highest BCUT2D eigenvalue weighted by molar-refractivity contribution is 5.91. The molecule has 1 aromatic heterocycles. The first-order valence-electron chi connectivity index (χ1n) is 5.74. The van der Waals surface area contributed by atoms with Crippen LogP contribution < -0.4 is 11.1 Å². The van der Waals surface area contributed by atoms with Gasteiger partial charge in [0.1, 0.15) is 5.76 Å².